The van der Waals surface area contributed by atoms with E-state index in [0.717, 1.165) is 28.1 Å². The van der Waals surface area contributed by atoms with Crippen molar-refractivity contribution in [3.05, 3.63) is 17.8 Å². The van der Waals surface area contributed by atoms with Crippen molar-refractivity contribution in [2.45, 2.75) is 36.4 Å². The first kappa shape index (κ1) is 16.3. The average Bonchev–Trinajstić information content (AvgIpc) is 3.13. The second-order valence-electron chi connectivity index (χ2n) is 6.20. The zero-order valence-corrected chi connectivity index (χ0v) is 15.4. The molecule has 3 heterocycles. The first-order chi connectivity index (χ1) is 11.5. The average molecular weight is 384 g/mol. The molecular formula is C15H17N3O3S3. The van der Waals surface area contributed by atoms with Gasteiger partial charge in [-0.3, -0.25) is 4.79 Å². The highest BCUT2D eigenvalue weighted by atomic mass is 32.2. The van der Waals surface area contributed by atoms with Crippen LogP contribution in [0, 0.1) is 0 Å². The smallest absolute Gasteiger partial charge is 0.233 e. The van der Waals surface area contributed by atoms with E-state index in [2.05, 4.69) is 9.97 Å². The van der Waals surface area contributed by atoms with Gasteiger partial charge in [0.15, 0.2) is 9.84 Å². The van der Waals surface area contributed by atoms with E-state index in [4.69, 9.17) is 0 Å². The van der Waals surface area contributed by atoms with Gasteiger partial charge in [0.1, 0.15) is 16.2 Å². The van der Waals surface area contributed by atoms with Crippen LogP contribution in [0.5, 0.6) is 0 Å². The third-order valence-corrected chi connectivity index (χ3v) is 7.95. The molecule has 0 aromatic carbocycles. The van der Waals surface area contributed by atoms with Crippen molar-refractivity contribution in [2.24, 2.45) is 0 Å². The highest BCUT2D eigenvalue weighted by Crippen LogP contribution is 2.34. The molecule has 2 aliphatic rings. The number of carbonyl (C=O) groups excluding carboxylic acids is 1. The van der Waals surface area contributed by atoms with Gasteiger partial charge in [0.25, 0.3) is 0 Å². The number of hydrogen-bond donors (Lipinski definition) is 0. The summed E-state index contributed by atoms with van der Waals surface area (Å²) in [5.41, 5.74) is 0. The topological polar surface area (TPSA) is 80.2 Å². The Morgan fingerprint density at radius 3 is 2.83 bits per heavy atom. The Balaban J connectivity index is 1.47. The third kappa shape index (κ3) is 3.29. The Morgan fingerprint density at radius 1 is 1.29 bits per heavy atom. The third-order valence-electron chi connectivity index (χ3n) is 4.39. The van der Waals surface area contributed by atoms with E-state index in [1.54, 1.807) is 11.3 Å². The quantitative estimate of drug-likeness (QED) is 0.580. The Bertz CT molecular complexity index is 876. The highest BCUT2D eigenvalue weighted by molar-refractivity contribution is 8.00. The summed E-state index contributed by atoms with van der Waals surface area (Å²) in [5.74, 6) is 0.617. The number of rotatable bonds is 5. The Morgan fingerprint density at radius 2 is 2.12 bits per heavy atom. The zero-order valence-electron chi connectivity index (χ0n) is 12.9. The van der Waals surface area contributed by atoms with Crippen LogP contribution in [0.3, 0.4) is 0 Å². The predicted molar refractivity (Wildman–Crippen MR) is 95.1 cm³/mol. The number of sulfone groups is 1. The molecule has 2 aromatic rings. The van der Waals surface area contributed by atoms with Gasteiger partial charge in [-0.2, -0.15) is 0 Å². The largest absolute Gasteiger partial charge is 0.335 e. The van der Waals surface area contributed by atoms with Gasteiger partial charge in [0, 0.05) is 17.5 Å². The summed E-state index contributed by atoms with van der Waals surface area (Å²) in [7, 11) is -2.99. The summed E-state index contributed by atoms with van der Waals surface area (Å²) in [4.78, 5) is 24.0. The molecule has 0 bridgehead atoms. The number of thiophene rings is 1. The molecule has 2 fully saturated rings. The molecule has 4 rings (SSSR count). The number of hydrogen-bond acceptors (Lipinski definition) is 7. The minimum Gasteiger partial charge on any atom is -0.335 e. The van der Waals surface area contributed by atoms with Gasteiger partial charge < -0.3 is 4.90 Å². The second kappa shape index (κ2) is 6.27. The molecule has 1 aliphatic carbocycles. The molecular weight excluding hydrogens is 366 g/mol. The van der Waals surface area contributed by atoms with Crippen molar-refractivity contribution < 1.29 is 13.2 Å². The van der Waals surface area contributed by atoms with Gasteiger partial charge >= 0.3 is 0 Å². The molecule has 0 radical (unpaired) electrons. The van der Waals surface area contributed by atoms with Gasteiger partial charge in [0.05, 0.1) is 17.3 Å². The normalized spacial score (nSPS) is 22.8. The van der Waals surface area contributed by atoms with Gasteiger partial charge in [-0.1, -0.05) is 11.8 Å². The lowest BCUT2D eigenvalue weighted by Crippen LogP contribution is -2.43. The maximum absolute atomic E-state index is 12.7. The van der Waals surface area contributed by atoms with Crippen molar-refractivity contribution in [3.63, 3.8) is 0 Å². The van der Waals surface area contributed by atoms with Crippen molar-refractivity contribution >= 4 is 49.1 Å². The van der Waals surface area contributed by atoms with Gasteiger partial charge in [-0.05, 0) is 30.7 Å². The number of carbonyl (C=O) groups is 1. The summed E-state index contributed by atoms with van der Waals surface area (Å²) in [6.45, 7) is 0. The van der Waals surface area contributed by atoms with Crippen LogP contribution in [-0.2, 0) is 14.6 Å². The van der Waals surface area contributed by atoms with E-state index in [0.29, 0.717) is 6.42 Å². The van der Waals surface area contributed by atoms with E-state index in [9.17, 15) is 13.2 Å². The van der Waals surface area contributed by atoms with E-state index in [-0.39, 0.29) is 35.2 Å². The van der Waals surface area contributed by atoms with Crippen LogP contribution in [0.2, 0.25) is 0 Å². The Hall–Kier alpha value is -1.19. The summed E-state index contributed by atoms with van der Waals surface area (Å²) in [6, 6.07) is 2.04. The molecule has 6 nitrogen and oxygen atoms in total. The molecule has 24 heavy (non-hydrogen) atoms. The molecule has 1 aliphatic heterocycles. The standard InChI is InChI=1S/C15H17N3O3S3/c19-13(7-23-15-12-3-5-22-14(12)16-9-17-15)18(10-1-2-10)11-4-6-24(20,21)8-11/h3,5,9-11H,1-2,4,6-8H2/t11-/m0/s1. The lowest BCUT2D eigenvalue weighted by Gasteiger charge is -2.28. The minimum atomic E-state index is -2.99. The van der Waals surface area contributed by atoms with E-state index in [1.807, 2.05) is 16.3 Å². The number of thioether (sulfide) groups is 1. The predicted octanol–water partition coefficient (Wildman–Crippen LogP) is 1.96. The highest BCUT2D eigenvalue weighted by Gasteiger charge is 2.41. The molecule has 1 atom stereocenters. The van der Waals surface area contributed by atoms with Crippen LogP contribution in [0.15, 0.2) is 22.8 Å². The molecule has 128 valence electrons. The fourth-order valence-corrected chi connectivity index (χ4v) is 6.50. The number of fused-ring (bicyclic) bond motifs is 1. The van der Waals surface area contributed by atoms with E-state index < -0.39 is 9.84 Å². The molecule has 1 amide bonds. The van der Waals surface area contributed by atoms with Crippen LogP contribution in [-0.4, -0.2) is 58.5 Å². The van der Waals surface area contributed by atoms with Crippen LogP contribution >= 0.6 is 23.1 Å². The monoisotopic (exact) mass is 383 g/mol. The number of nitrogens with zero attached hydrogens (tertiary/aromatic N) is 3. The van der Waals surface area contributed by atoms with Gasteiger partial charge in [-0.25, -0.2) is 18.4 Å². The van der Waals surface area contributed by atoms with Crippen molar-refractivity contribution in [3.8, 4) is 0 Å². The van der Waals surface area contributed by atoms with Crippen LogP contribution in [0.1, 0.15) is 19.3 Å². The maximum Gasteiger partial charge on any atom is 0.233 e. The second-order valence-corrected chi connectivity index (χ2v) is 10.3. The Labute approximate surface area is 148 Å². The lowest BCUT2D eigenvalue weighted by atomic mass is 10.2. The maximum atomic E-state index is 12.7. The fourth-order valence-electron chi connectivity index (χ4n) is 3.14. The van der Waals surface area contributed by atoms with Crippen molar-refractivity contribution in [1.82, 2.24) is 14.9 Å². The zero-order chi connectivity index (χ0) is 16.7. The summed E-state index contributed by atoms with van der Waals surface area (Å²) >= 11 is 2.96. The van der Waals surface area contributed by atoms with Crippen molar-refractivity contribution in [2.75, 3.05) is 17.3 Å². The summed E-state index contributed by atoms with van der Waals surface area (Å²) < 4.78 is 23.5. The lowest BCUT2D eigenvalue weighted by molar-refractivity contribution is -0.130. The fraction of sp³-hybridized carbons (Fsp3) is 0.533. The molecule has 0 N–H and O–H groups in total. The van der Waals surface area contributed by atoms with Crippen LogP contribution in [0.25, 0.3) is 10.2 Å². The van der Waals surface area contributed by atoms with Crippen LogP contribution < -0.4 is 0 Å². The van der Waals surface area contributed by atoms with E-state index >= 15 is 0 Å². The first-order valence-electron chi connectivity index (χ1n) is 7.86. The van der Waals surface area contributed by atoms with E-state index in [1.165, 1.54) is 18.1 Å². The number of amides is 1. The first-order valence-corrected chi connectivity index (χ1v) is 11.5. The van der Waals surface area contributed by atoms with Gasteiger partial charge in [0.2, 0.25) is 5.91 Å². The SMILES string of the molecule is O=C(CSc1ncnc2sccc12)N(C1CC1)[C@H]1CCS(=O)(=O)C1. The number of aromatic nitrogens is 2. The molecule has 0 spiro atoms. The molecule has 1 saturated heterocycles. The summed E-state index contributed by atoms with van der Waals surface area (Å²) in [6.07, 6.45) is 4.05. The van der Waals surface area contributed by atoms with Crippen LogP contribution in [0.4, 0.5) is 0 Å². The molecule has 0 unspecified atom stereocenters. The molecule has 1 saturated carbocycles. The Kier molecular flexibility index (Phi) is 4.26. The molecule has 9 heteroatoms. The molecule has 2 aromatic heterocycles. The van der Waals surface area contributed by atoms with Gasteiger partial charge in [-0.15, -0.1) is 11.3 Å². The summed E-state index contributed by atoms with van der Waals surface area (Å²) in [5, 5.41) is 3.75. The van der Waals surface area contributed by atoms with Crippen molar-refractivity contribution in [1.29, 1.82) is 0 Å². The minimum absolute atomic E-state index is 0.0200.